The van der Waals surface area contributed by atoms with Crippen molar-refractivity contribution in [2.24, 2.45) is 11.1 Å². The van der Waals surface area contributed by atoms with Crippen LogP contribution in [0.2, 0.25) is 0 Å². The third-order valence-electron chi connectivity index (χ3n) is 4.54. The summed E-state index contributed by atoms with van der Waals surface area (Å²) in [5.74, 6) is 0.131. The standard InChI is InChI=1S/C16H21N3O/c17-11-16(7-3-8-16)15(20)18-9-6-12-10-19-14-5-2-1-4-13(12)14/h1-2,4-5,10,19H,3,6-9,11,17H2,(H,18,20). The van der Waals surface area contributed by atoms with Crippen molar-refractivity contribution in [2.45, 2.75) is 25.7 Å². The number of amides is 1. The van der Waals surface area contributed by atoms with Crippen molar-refractivity contribution in [3.63, 3.8) is 0 Å². The SMILES string of the molecule is NCC1(C(=O)NCCc2c[nH]c3ccccc23)CCC1. The number of nitrogens with two attached hydrogens (primary N) is 1. The molecule has 1 saturated carbocycles. The van der Waals surface area contributed by atoms with E-state index >= 15 is 0 Å². The molecule has 4 heteroatoms. The van der Waals surface area contributed by atoms with Gasteiger partial charge in [0.1, 0.15) is 0 Å². The molecule has 20 heavy (non-hydrogen) atoms. The molecule has 0 aliphatic heterocycles. The Morgan fingerprint density at radius 3 is 2.85 bits per heavy atom. The number of hydrogen-bond acceptors (Lipinski definition) is 2. The summed E-state index contributed by atoms with van der Waals surface area (Å²) in [5, 5.41) is 4.28. The van der Waals surface area contributed by atoms with E-state index in [-0.39, 0.29) is 11.3 Å². The predicted octanol–water partition coefficient (Wildman–Crippen LogP) is 1.96. The van der Waals surface area contributed by atoms with Gasteiger partial charge in [0.05, 0.1) is 5.41 Å². The van der Waals surface area contributed by atoms with E-state index in [1.807, 2.05) is 18.3 Å². The van der Waals surface area contributed by atoms with Crippen LogP contribution in [0.15, 0.2) is 30.5 Å². The molecule has 0 bridgehead atoms. The van der Waals surface area contributed by atoms with E-state index in [0.29, 0.717) is 13.1 Å². The van der Waals surface area contributed by atoms with Crippen LogP contribution in [0.25, 0.3) is 10.9 Å². The number of carbonyl (C=O) groups is 1. The van der Waals surface area contributed by atoms with Gasteiger partial charge in [0, 0.05) is 30.2 Å². The van der Waals surface area contributed by atoms with Gasteiger partial charge in [-0.05, 0) is 30.9 Å². The van der Waals surface area contributed by atoms with Gasteiger partial charge in [-0.3, -0.25) is 4.79 Å². The Hall–Kier alpha value is -1.81. The number of rotatable bonds is 5. The third kappa shape index (κ3) is 2.20. The quantitative estimate of drug-likeness (QED) is 0.778. The second kappa shape index (κ2) is 5.29. The molecule has 0 unspecified atom stereocenters. The summed E-state index contributed by atoms with van der Waals surface area (Å²) in [7, 11) is 0. The number of hydrogen-bond donors (Lipinski definition) is 3. The molecule has 1 amide bonds. The maximum atomic E-state index is 12.2. The molecule has 1 aliphatic carbocycles. The van der Waals surface area contributed by atoms with Crippen LogP contribution >= 0.6 is 0 Å². The molecule has 3 rings (SSSR count). The van der Waals surface area contributed by atoms with Gasteiger partial charge in [-0.1, -0.05) is 24.6 Å². The van der Waals surface area contributed by atoms with Crippen LogP contribution in [-0.2, 0) is 11.2 Å². The van der Waals surface area contributed by atoms with Crippen molar-refractivity contribution < 1.29 is 4.79 Å². The van der Waals surface area contributed by atoms with Crippen LogP contribution < -0.4 is 11.1 Å². The van der Waals surface area contributed by atoms with Crippen LogP contribution in [0, 0.1) is 5.41 Å². The minimum atomic E-state index is -0.278. The lowest BCUT2D eigenvalue weighted by molar-refractivity contribution is -0.135. The van der Waals surface area contributed by atoms with Crippen molar-refractivity contribution >= 4 is 16.8 Å². The fourth-order valence-electron chi connectivity index (χ4n) is 2.96. The molecule has 0 atom stereocenters. The normalized spacial score (nSPS) is 16.9. The number of carbonyl (C=O) groups excluding carboxylic acids is 1. The monoisotopic (exact) mass is 271 g/mol. The second-order valence-corrected chi connectivity index (χ2v) is 5.70. The molecule has 106 valence electrons. The summed E-state index contributed by atoms with van der Waals surface area (Å²) in [4.78, 5) is 15.4. The van der Waals surface area contributed by atoms with E-state index in [4.69, 9.17) is 5.73 Å². The highest BCUT2D eigenvalue weighted by atomic mass is 16.2. The highest BCUT2D eigenvalue weighted by molar-refractivity contribution is 5.84. The highest BCUT2D eigenvalue weighted by Gasteiger charge is 2.42. The molecule has 0 spiro atoms. The molecule has 1 heterocycles. The minimum absolute atomic E-state index is 0.131. The van der Waals surface area contributed by atoms with Gasteiger partial charge in [-0.25, -0.2) is 0 Å². The fourth-order valence-corrected chi connectivity index (χ4v) is 2.96. The van der Waals surface area contributed by atoms with Gasteiger partial charge >= 0.3 is 0 Å². The lowest BCUT2D eigenvalue weighted by atomic mass is 9.68. The molecular formula is C16H21N3O. The molecule has 1 aromatic heterocycles. The molecule has 0 saturated heterocycles. The van der Waals surface area contributed by atoms with Crippen molar-refractivity contribution in [3.8, 4) is 0 Å². The lowest BCUT2D eigenvalue weighted by Gasteiger charge is -2.39. The van der Waals surface area contributed by atoms with E-state index in [0.717, 1.165) is 31.2 Å². The Balaban J connectivity index is 1.59. The number of benzene rings is 1. The fraction of sp³-hybridized carbons (Fsp3) is 0.438. The largest absolute Gasteiger partial charge is 0.361 e. The molecule has 1 aliphatic rings. The number of aromatic amines is 1. The van der Waals surface area contributed by atoms with Crippen LogP contribution in [0.5, 0.6) is 0 Å². The number of aromatic nitrogens is 1. The van der Waals surface area contributed by atoms with Gasteiger partial charge in [0.25, 0.3) is 0 Å². The first-order valence-electron chi connectivity index (χ1n) is 7.28. The molecule has 0 radical (unpaired) electrons. The molecule has 2 aromatic rings. The first-order valence-corrected chi connectivity index (χ1v) is 7.28. The molecular weight excluding hydrogens is 250 g/mol. The van der Waals surface area contributed by atoms with Crippen molar-refractivity contribution in [3.05, 3.63) is 36.0 Å². The lowest BCUT2D eigenvalue weighted by Crippen LogP contribution is -2.50. The van der Waals surface area contributed by atoms with Crippen molar-refractivity contribution in [1.29, 1.82) is 0 Å². The Kier molecular flexibility index (Phi) is 3.49. The van der Waals surface area contributed by atoms with Crippen LogP contribution in [-0.4, -0.2) is 24.0 Å². The smallest absolute Gasteiger partial charge is 0.227 e. The van der Waals surface area contributed by atoms with E-state index in [2.05, 4.69) is 22.4 Å². The Morgan fingerprint density at radius 2 is 2.15 bits per heavy atom. The van der Waals surface area contributed by atoms with Crippen LogP contribution in [0.4, 0.5) is 0 Å². The topological polar surface area (TPSA) is 70.9 Å². The zero-order valence-electron chi connectivity index (χ0n) is 11.6. The number of nitrogens with one attached hydrogen (secondary N) is 2. The van der Waals surface area contributed by atoms with E-state index < -0.39 is 0 Å². The number of fused-ring (bicyclic) bond motifs is 1. The first kappa shape index (κ1) is 13.2. The second-order valence-electron chi connectivity index (χ2n) is 5.70. The van der Waals surface area contributed by atoms with Gasteiger partial charge in [-0.2, -0.15) is 0 Å². The van der Waals surface area contributed by atoms with E-state index in [1.54, 1.807) is 0 Å². The summed E-state index contributed by atoms with van der Waals surface area (Å²) in [6.45, 7) is 1.13. The summed E-state index contributed by atoms with van der Waals surface area (Å²) in [5.41, 5.74) is 7.86. The summed E-state index contributed by atoms with van der Waals surface area (Å²) in [6.07, 6.45) is 5.85. The van der Waals surface area contributed by atoms with Crippen molar-refractivity contribution in [1.82, 2.24) is 10.3 Å². The van der Waals surface area contributed by atoms with Crippen LogP contribution in [0.3, 0.4) is 0 Å². The zero-order chi connectivity index (χ0) is 14.0. The number of para-hydroxylation sites is 1. The van der Waals surface area contributed by atoms with Gasteiger partial charge in [-0.15, -0.1) is 0 Å². The molecule has 1 fully saturated rings. The molecule has 4 N–H and O–H groups in total. The average Bonchev–Trinajstić information content (AvgIpc) is 2.82. The highest BCUT2D eigenvalue weighted by Crippen LogP contribution is 2.39. The third-order valence-corrected chi connectivity index (χ3v) is 4.54. The Labute approximate surface area is 118 Å². The van der Waals surface area contributed by atoms with Crippen LogP contribution in [0.1, 0.15) is 24.8 Å². The maximum absolute atomic E-state index is 12.2. The van der Waals surface area contributed by atoms with Gasteiger partial charge in [0.2, 0.25) is 5.91 Å². The Bertz CT molecular complexity index is 607. The molecule has 4 nitrogen and oxygen atoms in total. The zero-order valence-corrected chi connectivity index (χ0v) is 11.6. The predicted molar refractivity (Wildman–Crippen MR) is 80.4 cm³/mol. The van der Waals surface area contributed by atoms with Gasteiger partial charge in [0.15, 0.2) is 0 Å². The average molecular weight is 271 g/mol. The summed E-state index contributed by atoms with van der Waals surface area (Å²) in [6, 6.07) is 8.23. The van der Waals surface area contributed by atoms with E-state index in [1.165, 1.54) is 10.9 Å². The minimum Gasteiger partial charge on any atom is -0.361 e. The van der Waals surface area contributed by atoms with Crippen molar-refractivity contribution in [2.75, 3.05) is 13.1 Å². The molecule has 1 aromatic carbocycles. The Morgan fingerprint density at radius 1 is 1.35 bits per heavy atom. The van der Waals surface area contributed by atoms with Gasteiger partial charge < -0.3 is 16.0 Å². The van der Waals surface area contributed by atoms with E-state index in [9.17, 15) is 4.79 Å². The first-order chi connectivity index (χ1) is 9.75. The summed E-state index contributed by atoms with van der Waals surface area (Å²) >= 11 is 0. The summed E-state index contributed by atoms with van der Waals surface area (Å²) < 4.78 is 0. The number of H-pyrrole nitrogens is 1. The maximum Gasteiger partial charge on any atom is 0.227 e.